The Morgan fingerprint density at radius 3 is 2.83 bits per heavy atom. The number of fused-ring (bicyclic) bond motifs is 1. The number of aryl methyl sites for hydroxylation is 1. The molecule has 1 saturated heterocycles. The first kappa shape index (κ1) is 15.7. The molecule has 0 atom stereocenters. The fourth-order valence-corrected chi connectivity index (χ4v) is 3.03. The van der Waals surface area contributed by atoms with Gasteiger partial charge in [-0.25, -0.2) is 4.98 Å². The minimum Gasteiger partial charge on any atom is -0.352 e. The highest BCUT2D eigenvalue weighted by Crippen LogP contribution is 2.11. The number of hydrogen-bond donors (Lipinski definition) is 1. The van der Waals surface area contributed by atoms with Crippen LogP contribution in [0.1, 0.15) is 18.4 Å². The van der Waals surface area contributed by atoms with Gasteiger partial charge in [-0.05, 0) is 51.5 Å². The molecule has 0 bridgehead atoms. The second-order valence-electron chi connectivity index (χ2n) is 6.29. The maximum Gasteiger partial charge on any atom is 0.261 e. The maximum atomic E-state index is 12.5. The van der Waals surface area contributed by atoms with Gasteiger partial charge in [0.05, 0.1) is 17.2 Å². The first-order valence-electron chi connectivity index (χ1n) is 7.97. The van der Waals surface area contributed by atoms with E-state index in [1.165, 1.54) is 10.9 Å². The smallest absolute Gasteiger partial charge is 0.261 e. The van der Waals surface area contributed by atoms with Crippen molar-refractivity contribution in [1.82, 2.24) is 19.8 Å². The summed E-state index contributed by atoms with van der Waals surface area (Å²) in [5.74, 6) is -0.129. The number of likely N-dealkylation sites (tertiary alicyclic amines) is 1. The predicted octanol–water partition coefficient (Wildman–Crippen LogP) is 0.915. The molecule has 23 heavy (non-hydrogen) atoms. The lowest BCUT2D eigenvalue weighted by Crippen LogP contribution is -2.45. The molecule has 6 heteroatoms. The van der Waals surface area contributed by atoms with Crippen molar-refractivity contribution in [3.05, 3.63) is 40.4 Å². The zero-order chi connectivity index (χ0) is 16.4. The van der Waals surface area contributed by atoms with Crippen LogP contribution in [0, 0.1) is 6.92 Å². The normalized spacial score (nSPS) is 16.6. The summed E-state index contributed by atoms with van der Waals surface area (Å²) in [5, 5.41) is 3.58. The van der Waals surface area contributed by atoms with Crippen LogP contribution in [0.3, 0.4) is 0 Å². The number of piperidine rings is 1. The molecule has 2 aromatic rings. The molecule has 1 aliphatic rings. The Hall–Kier alpha value is -2.21. The highest BCUT2D eigenvalue weighted by molar-refractivity contribution is 5.81. The molecule has 0 aliphatic carbocycles. The molecule has 0 unspecified atom stereocenters. The summed E-state index contributed by atoms with van der Waals surface area (Å²) < 4.78 is 1.38. The minimum absolute atomic E-state index is 0.0159. The molecule has 1 N–H and O–H groups in total. The zero-order valence-corrected chi connectivity index (χ0v) is 13.6. The molecule has 1 amide bonds. The van der Waals surface area contributed by atoms with Crippen LogP contribution >= 0.6 is 0 Å². The van der Waals surface area contributed by atoms with E-state index in [9.17, 15) is 9.59 Å². The van der Waals surface area contributed by atoms with Crippen molar-refractivity contribution >= 4 is 16.8 Å². The Balaban J connectivity index is 1.73. The van der Waals surface area contributed by atoms with E-state index < -0.39 is 0 Å². The summed E-state index contributed by atoms with van der Waals surface area (Å²) in [7, 11) is 2.08. The van der Waals surface area contributed by atoms with Crippen LogP contribution in [-0.4, -0.2) is 46.5 Å². The average molecular weight is 314 g/mol. The molecule has 122 valence electrons. The molecule has 1 aliphatic heterocycles. The second kappa shape index (κ2) is 6.50. The Morgan fingerprint density at radius 2 is 2.09 bits per heavy atom. The summed E-state index contributed by atoms with van der Waals surface area (Å²) in [5.41, 5.74) is 1.49. The second-order valence-corrected chi connectivity index (χ2v) is 6.29. The van der Waals surface area contributed by atoms with Crippen LogP contribution in [-0.2, 0) is 11.3 Å². The molecular formula is C17H22N4O2. The molecule has 0 radical (unpaired) electrons. The topological polar surface area (TPSA) is 67.2 Å². The summed E-state index contributed by atoms with van der Waals surface area (Å²) in [4.78, 5) is 31.3. The van der Waals surface area contributed by atoms with Crippen LogP contribution in [0.15, 0.2) is 29.3 Å². The lowest BCUT2D eigenvalue weighted by Gasteiger charge is -2.29. The van der Waals surface area contributed by atoms with E-state index in [0.29, 0.717) is 10.9 Å². The monoisotopic (exact) mass is 314 g/mol. The van der Waals surface area contributed by atoms with E-state index in [-0.39, 0.29) is 24.1 Å². The molecule has 1 aromatic carbocycles. The standard InChI is InChI=1S/C17H22N4O2/c1-12-4-3-5-14-16(12)18-11-21(17(14)23)10-15(22)19-13-6-8-20(2)9-7-13/h3-5,11,13H,6-10H2,1-2H3,(H,19,22). The van der Waals surface area contributed by atoms with Crippen LogP contribution in [0.25, 0.3) is 10.9 Å². The fourth-order valence-electron chi connectivity index (χ4n) is 3.03. The third kappa shape index (κ3) is 3.42. The number of carbonyl (C=O) groups is 1. The number of aromatic nitrogens is 2. The number of nitrogens with zero attached hydrogens (tertiary/aromatic N) is 3. The molecule has 0 saturated carbocycles. The molecular weight excluding hydrogens is 292 g/mol. The van der Waals surface area contributed by atoms with E-state index in [1.807, 2.05) is 19.1 Å². The number of para-hydroxylation sites is 1. The lowest BCUT2D eigenvalue weighted by atomic mass is 10.1. The van der Waals surface area contributed by atoms with Crippen molar-refractivity contribution in [1.29, 1.82) is 0 Å². The van der Waals surface area contributed by atoms with E-state index in [4.69, 9.17) is 0 Å². The molecule has 1 aromatic heterocycles. The van der Waals surface area contributed by atoms with Crippen LogP contribution in [0.5, 0.6) is 0 Å². The van der Waals surface area contributed by atoms with Crippen LogP contribution in [0.4, 0.5) is 0 Å². The third-order valence-electron chi connectivity index (χ3n) is 4.45. The summed E-state index contributed by atoms with van der Waals surface area (Å²) in [6.45, 7) is 3.91. The van der Waals surface area contributed by atoms with Crippen molar-refractivity contribution < 1.29 is 4.79 Å². The number of hydrogen-bond acceptors (Lipinski definition) is 4. The Labute approximate surface area is 135 Å². The highest BCUT2D eigenvalue weighted by atomic mass is 16.2. The van der Waals surface area contributed by atoms with Gasteiger partial charge in [-0.2, -0.15) is 0 Å². The number of rotatable bonds is 3. The molecule has 3 rings (SSSR count). The van der Waals surface area contributed by atoms with Crippen molar-refractivity contribution in [2.75, 3.05) is 20.1 Å². The van der Waals surface area contributed by atoms with Gasteiger partial charge in [0.15, 0.2) is 0 Å². The highest BCUT2D eigenvalue weighted by Gasteiger charge is 2.18. The first-order valence-corrected chi connectivity index (χ1v) is 7.97. The van der Waals surface area contributed by atoms with Gasteiger partial charge in [0.2, 0.25) is 5.91 Å². The largest absolute Gasteiger partial charge is 0.352 e. The minimum atomic E-state index is -0.169. The van der Waals surface area contributed by atoms with Gasteiger partial charge < -0.3 is 10.2 Å². The fraction of sp³-hybridized carbons (Fsp3) is 0.471. The van der Waals surface area contributed by atoms with E-state index in [1.54, 1.807) is 6.07 Å². The van der Waals surface area contributed by atoms with Gasteiger partial charge in [0.1, 0.15) is 6.54 Å². The van der Waals surface area contributed by atoms with Crippen molar-refractivity contribution in [3.8, 4) is 0 Å². The van der Waals surface area contributed by atoms with Gasteiger partial charge in [0, 0.05) is 6.04 Å². The Bertz CT molecular complexity index is 776. The molecule has 1 fully saturated rings. The Kier molecular flexibility index (Phi) is 4.43. The van der Waals surface area contributed by atoms with Gasteiger partial charge in [-0.15, -0.1) is 0 Å². The van der Waals surface area contributed by atoms with Crippen LogP contribution in [0.2, 0.25) is 0 Å². The van der Waals surface area contributed by atoms with Gasteiger partial charge >= 0.3 is 0 Å². The Morgan fingerprint density at radius 1 is 1.35 bits per heavy atom. The number of benzene rings is 1. The van der Waals surface area contributed by atoms with Crippen molar-refractivity contribution in [3.63, 3.8) is 0 Å². The quantitative estimate of drug-likeness (QED) is 0.915. The van der Waals surface area contributed by atoms with Gasteiger partial charge in [-0.1, -0.05) is 12.1 Å². The molecule has 2 heterocycles. The number of amides is 1. The van der Waals surface area contributed by atoms with Gasteiger partial charge in [-0.3, -0.25) is 14.2 Å². The van der Waals surface area contributed by atoms with Gasteiger partial charge in [0.25, 0.3) is 5.56 Å². The summed E-state index contributed by atoms with van der Waals surface area (Å²) in [6, 6.07) is 5.71. The number of carbonyl (C=O) groups excluding carboxylic acids is 1. The molecule has 0 spiro atoms. The van der Waals surface area contributed by atoms with E-state index >= 15 is 0 Å². The van der Waals surface area contributed by atoms with Crippen molar-refractivity contribution in [2.24, 2.45) is 0 Å². The SMILES string of the molecule is Cc1cccc2c(=O)n(CC(=O)NC3CCN(C)CC3)cnc12. The predicted molar refractivity (Wildman–Crippen MR) is 89.4 cm³/mol. The lowest BCUT2D eigenvalue weighted by molar-refractivity contribution is -0.122. The summed E-state index contributed by atoms with van der Waals surface area (Å²) in [6.07, 6.45) is 3.37. The van der Waals surface area contributed by atoms with Crippen molar-refractivity contribution in [2.45, 2.75) is 32.4 Å². The van der Waals surface area contributed by atoms with E-state index in [0.717, 1.165) is 31.5 Å². The van der Waals surface area contributed by atoms with E-state index in [2.05, 4.69) is 22.2 Å². The molecule has 6 nitrogen and oxygen atoms in total. The zero-order valence-electron chi connectivity index (χ0n) is 13.6. The first-order chi connectivity index (χ1) is 11.0. The average Bonchev–Trinajstić information content (AvgIpc) is 2.53. The van der Waals surface area contributed by atoms with Crippen LogP contribution < -0.4 is 10.9 Å². The maximum absolute atomic E-state index is 12.5. The number of nitrogens with one attached hydrogen (secondary N) is 1. The third-order valence-corrected chi connectivity index (χ3v) is 4.45. The summed E-state index contributed by atoms with van der Waals surface area (Å²) >= 11 is 0.